The highest BCUT2D eigenvalue weighted by Crippen LogP contribution is 2.26. The Bertz CT molecular complexity index is 718. The first kappa shape index (κ1) is 13.5. The Morgan fingerprint density at radius 2 is 2.10 bits per heavy atom. The van der Waals surface area contributed by atoms with Crippen LogP contribution in [0, 0.1) is 22.9 Å². The Hall–Kier alpha value is -2.50. The molecule has 1 aliphatic heterocycles. The van der Waals surface area contributed by atoms with E-state index in [-0.39, 0.29) is 11.5 Å². The van der Waals surface area contributed by atoms with Crippen LogP contribution in [0.15, 0.2) is 30.3 Å². The van der Waals surface area contributed by atoms with Crippen LogP contribution < -0.4 is 4.90 Å². The molecule has 6 heteroatoms. The van der Waals surface area contributed by atoms with Crippen molar-refractivity contribution >= 4 is 11.5 Å². The number of pyridine rings is 1. The zero-order valence-corrected chi connectivity index (χ0v) is 11.5. The Kier molecular flexibility index (Phi) is 3.29. The number of benzene rings is 1. The molecule has 0 fully saturated rings. The molecule has 0 atom stereocenters. The molecule has 0 saturated carbocycles. The third-order valence-electron chi connectivity index (χ3n) is 3.74. The highest BCUT2D eigenvalue weighted by Gasteiger charge is 2.20. The number of anilines is 1. The van der Waals surface area contributed by atoms with Crippen molar-refractivity contribution in [2.45, 2.75) is 19.9 Å². The maximum Gasteiger partial charge on any atom is 0.290 e. The van der Waals surface area contributed by atoms with E-state index in [1.807, 2.05) is 0 Å². The van der Waals surface area contributed by atoms with Gasteiger partial charge in [-0.05, 0) is 42.7 Å². The number of nitrogens with zero attached hydrogens (tertiary/aromatic N) is 3. The number of rotatable bonds is 2. The van der Waals surface area contributed by atoms with Crippen molar-refractivity contribution in [3.63, 3.8) is 0 Å². The summed E-state index contributed by atoms with van der Waals surface area (Å²) in [6.45, 7) is 3.00. The van der Waals surface area contributed by atoms with Gasteiger partial charge in [0.1, 0.15) is 17.3 Å². The number of hydrogen-bond donors (Lipinski definition) is 0. The smallest absolute Gasteiger partial charge is 0.290 e. The molecule has 0 bridgehead atoms. The van der Waals surface area contributed by atoms with E-state index >= 15 is 0 Å². The lowest BCUT2D eigenvalue weighted by molar-refractivity contribution is -0.385. The van der Waals surface area contributed by atoms with Crippen LogP contribution in [-0.2, 0) is 13.0 Å². The van der Waals surface area contributed by atoms with Crippen molar-refractivity contribution in [3.8, 4) is 0 Å². The number of fused-ring (bicyclic) bond motifs is 1. The molecule has 108 valence electrons. The van der Waals surface area contributed by atoms with E-state index in [1.165, 1.54) is 12.1 Å². The van der Waals surface area contributed by atoms with Crippen LogP contribution in [0.3, 0.4) is 0 Å². The minimum absolute atomic E-state index is 0.0261. The second-order valence-corrected chi connectivity index (χ2v) is 5.12. The van der Waals surface area contributed by atoms with Crippen molar-refractivity contribution in [2.75, 3.05) is 11.4 Å². The molecule has 1 aromatic carbocycles. The number of hydrogen-bond acceptors (Lipinski definition) is 4. The van der Waals surface area contributed by atoms with E-state index in [4.69, 9.17) is 0 Å². The van der Waals surface area contributed by atoms with E-state index in [2.05, 4.69) is 9.88 Å². The largest absolute Gasteiger partial charge is 0.352 e. The summed E-state index contributed by atoms with van der Waals surface area (Å²) in [4.78, 5) is 16.8. The van der Waals surface area contributed by atoms with Crippen molar-refractivity contribution in [1.29, 1.82) is 0 Å². The van der Waals surface area contributed by atoms with Crippen molar-refractivity contribution in [1.82, 2.24) is 4.98 Å². The third kappa shape index (κ3) is 2.56. The normalized spacial score (nSPS) is 13.9. The molecule has 3 rings (SSSR count). The zero-order chi connectivity index (χ0) is 15.0. The van der Waals surface area contributed by atoms with Gasteiger partial charge in [0.25, 0.3) is 5.69 Å². The summed E-state index contributed by atoms with van der Waals surface area (Å²) in [5, 5.41) is 10.8. The summed E-state index contributed by atoms with van der Waals surface area (Å²) in [5.74, 6) is 0.500. The predicted molar refractivity (Wildman–Crippen MR) is 76.8 cm³/mol. The van der Waals surface area contributed by atoms with Crippen LogP contribution in [-0.4, -0.2) is 16.5 Å². The first-order valence-corrected chi connectivity index (χ1v) is 6.69. The first-order valence-electron chi connectivity index (χ1n) is 6.69. The molecule has 2 heterocycles. The van der Waals surface area contributed by atoms with Crippen LogP contribution in [0.2, 0.25) is 0 Å². The molecule has 5 nitrogen and oxygen atoms in total. The van der Waals surface area contributed by atoms with Crippen LogP contribution in [0.5, 0.6) is 0 Å². The first-order chi connectivity index (χ1) is 10.0. The molecule has 1 aromatic heterocycles. The Morgan fingerprint density at radius 3 is 2.81 bits per heavy atom. The number of halogens is 1. The van der Waals surface area contributed by atoms with Gasteiger partial charge in [-0.2, -0.15) is 0 Å². The molecule has 0 spiro atoms. The highest BCUT2D eigenvalue weighted by atomic mass is 19.1. The number of aromatic nitrogens is 1. The van der Waals surface area contributed by atoms with Crippen molar-refractivity contribution in [2.24, 2.45) is 0 Å². The summed E-state index contributed by atoms with van der Waals surface area (Å²) in [7, 11) is 0. The van der Waals surface area contributed by atoms with Crippen LogP contribution in [0.25, 0.3) is 0 Å². The molecule has 1 aliphatic rings. The van der Waals surface area contributed by atoms with Crippen molar-refractivity contribution in [3.05, 3.63) is 63.1 Å². The monoisotopic (exact) mass is 287 g/mol. The molecule has 0 unspecified atom stereocenters. The van der Waals surface area contributed by atoms with Crippen LogP contribution in [0.4, 0.5) is 15.9 Å². The highest BCUT2D eigenvalue weighted by molar-refractivity contribution is 5.49. The van der Waals surface area contributed by atoms with E-state index in [0.29, 0.717) is 18.1 Å². The maximum atomic E-state index is 13.2. The molecule has 2 aromatic rings. The lowest BCUT2D eigenvalue weighted by atomic mass is 9.99. The van der Waals surface area contributed by atoms with E-state index in [1.54, 1.807) is 25.1 Å². The summed E-state index contributed by atoms with van der Waals surface area (Å²) in [6, 6.07) is 7.96. The summed E-state index contributed by atoms with van der Waals surface area (Å²) >= 11 is 0. The fourth-order valence-electron chi connectivity index (χ4n) is 2.63. The van der Waals surface area contributed by atoms with Crippen molar-refractivity contribution < 1.29 is 9.31 Å². The quantitative estimate of drug-likeness (QED) is 0.629. The van der Waals surface area contributed by atoms with Gasteiger partial charge in [0, 0.05) is 19.2 Å². The molecular weight excluding hydrogens is 273 g/mol. The molecule has 0 saturated heterocycles. The summed E-state index contributed by atoms with van der Waals surface area (Å²) < 4.78 is 13.2. The Balaban J connectivity index is 1.88. The standard InChI is InChI=1S/C15H14FN3O2/c1-10-14(19(20)21)4-5-15(17-10)18-7-6-11-8-13(16)3-2-12(11)9-18/h2-5,8H,6-7,9H2,1H3. The molecule has 0 N–H and O–H groups in total. The second kappa shape index (κ2) is 5.12. The van der Waals surface area contributed by atoms with Crippen LogP contribution >= 0.6 is 0 Å². The lowest BCUT2D eigenvalue weighted by Gasteiger charge is -2.29. The van der Waals surface area contributed by atoms with Crippen LogP contribution in [0.1, 0.15) is 16.8 Å². The van der Waals surface area contributed by atoms with E-state index in [0.717, 1.165) is 24.1 Å². The van der Waals surface area contributed by atoms with E-state index in [9.17, 15) is 14.5 Å². The average molecular weight is 287 g/mol. The third-order valence-corrected chi connectivity index (χ3v) is 3.74. The predicted octanol–water partition coefficient (Wildman–Crippen LogP) is 3.00. The van der Waals surface area contributed by atoms with Gasteiger partial charge < -0.3 is 4.90 Å². The lowest BCUT2D eigenvalue weighted by Crippen LogP contribution is -2.31. The van der Waals surface area contributed by atoms with E-state index < -0.39 is 4.92 Å². The topological polar surface area (TPSA) is 59.3 Å². The Labute approximate surface area is 121 Å². The molecule has 21 heavy (non-hydrogen) atoms. The van der Waals surface area contributed by atoms with Gasteiger partial charge in [-0.3, -0.25) is 10.1 Å². The molecular formula is C15H14FN3O2. The van der Waals surface area contributed by atoms with Gasteiger partial charge in [0.15, 0.2) is 0 Å². The Morgan fingerprint density at radius 1 is 1.29 bits per heavy atom. The molecule has 0 aliphatic carbocycles. The minimum Gasteiger partial charge on any atom is -0.352 e. The van der Waals surface area contributed by atoms with Gasteiger partial charge in [-0.1, -0.05) is 6.07 Å². The number of nitro groups is 1. The SMILES string of the molecule is Cc1nc(N2CCc3cc(F)ccc3C2)ccc1[N+](=O)[O-]. The van der Waals surface area contributed by atoms with Gasteiger partial charge in [-0.25, -0.2) is 9.37 Å². The fourth-order valence-corrected chi connectivity index (χ4v) is 2.63. The minimum atomic E-state index is -0.430. The van der Waals surface area contributed by atoms with Gasteiger partial charge in [0.05, 0.1) is 4.92 Å². The number of aryl methyl sites for hydroxylation is 1. The summed E-state index contributed by atoms with van der Waals surface area (Å²) in [5.41, 5.74) is 2.52. The maximum absolute atomic E-state index is 13.2. The van der Waals surface area contributed by atoms with Gasteiger partial charge in [-0.15, -0.1) is 0 Å². The summed E-state index contributed by atoms with van der Waals surface area (Å²) in [6.07, 6.45) is 0.741. The van der Waals surface area contributed by atoms with Gasteiger partial charge >= 0.3 is 0 Å². The average Bonchev–Trinajstić information content (AvgIpc) is 2.46. The fraction of sp³-hybridized carbons (Fsp3) is 0.267. The zero-order valence-electron chi connectivity index (χ0n) is 11.5. The molecule has 0 radical (unpaired) electrons. The second-order valence-electron chi connectivity index (χ2n) is 5.12. The van der Waals surface area contributed by atoms with Gasteiger partial charge in [0.2, 0.25) is 0 Å². The molecule has 0 amide bonds.